The summed E-state index contributed by atoms with van der Waals surface area (Å²) in [6.45, 7) is 5.36. The Balaban J connectivity index is 0.000000505. The summed E-state index contributed by atoms with van der Waals surface area (Å²) in [5.41, 5.74) is 1.40. The van der Waals surface area contributed by atoms with E-state index in [4.69, 9.17) is 23.8 Å². The lowest BCUT2D eigenvalue weighted by molar-refractivity contribution is -0.192. The molecule has 4 rings (SSSR count). The van der Waals surface area contributed by atoms with Crippen LogP contribution in [-0.4, -0.2) is 84.8 Å². The first-order valence-electron chi connectivity index (χ1n) is 12.3. The number of halogens is 3. The lowest BCUT2D eigenvalue weighted by Crippen LogP contribution is -2.37. The number of aromatic nitrogens is 2. The standard InChI is InChI=1S/C22H31N5O4.C2HF3O2/c1-29-19-15-17(24-20(28)16-5-2-3-6-16)7-8-18(19)21-25-26-22(31-21)23-9-4-10-27-11-13-30-14-12-27;3-2(4,5)1(6)7/h7-8,15-16H,2-6,9-14H2,1H3,(H,23,26)(H,24,28);(H,6,7). The number of ether oxygens (including phenoxy) is 2. The first-order valence-corrected chi connectivity index (χ1v) is 12.3. The molecule has 0 unspecified atom stereocenters. The molecule has 1 aliphatic heterocycles. The molecule has 38 heavy (non-hydrogen) atoms. The van der Waals surface area contributed by atoms with Crippen LogP contribution in [-0.2, 0) is 14.3 Å². The maximum absolute atomic E-state index is 12.4. The number of carbonyl (C=O) groups excluding carboxylic acids is 1. The second kappa shape index (κ2) is 14.0. The summed E-state index contributed by atoms with van der Waals surface area (Å²) in [5, 5.41) is 21.5. The van der Waals surface area contributed by atoms with Gasteiger partial charge in [0.25, 0.3) is 5.89 Å². The molecule has 0 radical (unpaired) electrons. The number of aliphatic carboxylic acids is 1. The van der Waals surface area contributed by atoms with Gasteiger partial charge in [0.05, 0.1) is 25.9 Å². The Kier molecular flexibility index (Phi) is 10.7. The maximum atomic E-state index is 12.4. The van der Waals surface area contributed by atoms with Gasteiger partial charge in [-0.05, 0) is 37.9 Å². The number of amides is 1. The fourth-order valence-electron chi connectivity index (χ4n) is 4.10. The molecular formula is C24H32F3N5O6. The second-order valence-electron chi connectivity index (χ2n) is 8.84. The molecule has 2 aliphatic rings. The Labute approximate surface area is 217 Å². The predicted molar refractivity (Wildman–Crippen MR) is 131 cm³/mol. The van der Waals surface area contributed by atoms with Crippen molar-refractivity contribution in [3.63, 3.8) is 0 Å². The number of morpholine rings is 1. The molecule has 1 aromatic heterocycles. The Morgan fingerprint density at radius 3 is 2.50 bits per heavy atom. The highest BCUT2D eigenvalue weighted by Gasteiger charge is 2.38. The molecule has 1 amide bonds. The van der Waals surface area contributed by atoms with Crippen molar-refractivity contribution in [3.8, 4) is 17.2 Å². The Morgan fingerprint density at radius 1 is 1.18 bits per heavy atom. The molecule has 0 spiro atoms. The number of carbonyl (C=O) groups is 2. The van der Waals surface area contributed by atoms with Crippen molar-refractivity contribution in [1.29, 1.82) is 0 Å². The molecular weight excluding hydrogens is 511 g/mol. The van der Waals surface area contributed by atoms with E-state index in [1.54, 1.807) is 13.2 Å². The molecule has 0 atom stereocenters. The zero-order valence-corrected chi connectivity index (χ0v) is 21.1. The van der Waals surface area contributed by atoms with Gasteiger partial charge in [-0.1, -0.05) is 17.9 Å². The van der Waals surface area contributed by atoms with Gasteiger partial charge in [-0.2, -0.15) is 13.2 Å². The number of carboxylic acids is 1. The zero-order chi connectivity index (χ0) is 27.5. The summed E-state index contributed by atoms with van der Waals surface area (Å²) in [4.78, 5) is 23.7. The molecule has 2 aromatic rings. The quantitative estimate of drug-likeness (QED) is 0.402. The first-order chi connectivity index (χ1) is 18.2. The monoisotopic (exact) mass is 543 g/mol. The normalized spacial score (nSPS) is 16.4. The highest BCUT2D eigenvalue weighted by molar-refractivity contribution is 5.93. The van der Waals surface area contributed by atoms with Crippen LogP contribution in [0.2, 0.25) is 0 Å². The molecule has 1 saturated heterocycles. The summed E-state index contributed by atoms with van der Waals surface area (Å²) in [6, 6.07) is 5.85. The molecule has 2 fully saturated rings. The minimum atomic E-state index is -5.08. The fraction of sp³-hybridized carbons (Fsp3) is 0.583. The average Bonchev–Trinajstić information content (AvgIpc) is 3.60. The van der Waals surface area contributed by atoms with Gasteiger partial charge in [0.15, 0.2) is 0 Å². The van der Waals surface area contributed by atoms with Crippen molar-refractivity contribution in [2.24, 2.45) is 5.92 Å². The molecule has 14 heteroatoms. The minimum absolute atomic E-state index is 0.0775. The van der Waals surface area contributed by atoms with Crippen LogP contribution >= 0.6 is 0 Å². The highest BCUT2D eigenvalue weighted by atomic mass is 19.4. The molecule has 1 aliphatic carbocycles. The van der Waals surface area contributed by atoms with Crippen LogP contribution in [0.4, 0.5) is 24.9 Å². The topological polar surface area (TPSA) is 139 Å². The number of benzene rings is 1. The fourth-order valence-corrected chi connectivity index (χ4v) is 4.10. The van der Waals surface area contributed by atoms with E-state index in [2.05, 4.69) is 25.7 Å². The van der Waals surface area contributed by atoms with E-state index < -0.39 is 12.1 Å². The summed E-state index contributed by atoms with van der Waals surface area (Å²) in [7, 11) is 1.59. The van der Waals surface area contributed by atoms with Gasteiger partial charge in [-0.25, -0.2) is 4.79 Å². The van der Waals surface area contributed by atoms with Crippen LogP contribution in [0.1, 0.15) is 32.1 Å². The zero-order valence-electron chi connectivity index (χ0n) is 21.1. The minimum Gasteiger partial charge on any atom is -0.496 e. The molecule has 1 aromatic carbocycles. The van der Waals surface area contributed by atoms with Gasteiger partial charge in [-0.15, -0.1) is 5.10 Å². The van der Waals surface area contributed by atoms with E-state index in [-0.39, 0.29) is 11.8 Å². The number of hydrogen-bond acceptors (Lipinski definition) is 9. The number of alkyl halides is 3. The van der Waals surface area contributed by atoms with Gasteiger partial charge in [0.1, 0.15) is 5.75 Å². The van der Waals surface area contributed by atoms with Crippen molar-refractivity contribution >= 4 is 23.6 Å². The lowest BCUT2D eigenvalue weighted by Gasteiger charge is -2.26. The van der Waals surface area contributed by atoms with Gasteiger partial charge < -0.3 is 29.6 Å². The predicted octanol–water partition coefficient (Wildman–Crippen LogP) is 3.64. The van der Waals surface area contributed by atoms with Crippen LogP contribution in [0.25, 0.3) is 11.5 Å². The van der Waals surface area contributed by atoms with E-state index in [1.807, 2.05) is 12.1 Å². The Bertz CT molecular complexity index is 1050. The summed E-state index contributed by atoms with van der Waals surface area (Å²) in [6.07, 6.45) is 0.0785. The molecule has 3 N–H and O–H groups in total. The van der Waals surface area contributed by atoms with E-state index in [9.17, 15) is 18.0 Å². The van der Waals surface area contributed by atoms with Gasteiger partial charge in [-0.3, -0.25) is 9.69 Å². The van der Waals surface area contributed by atoms with Gasteiger partial charge in [0, 0.05) is 37.3 Å². The number of rotatable bonds is 9. The second-order valence-corrected chi connectivity index (χ2v) is 8.84. The van der Waals surface area contributed by atoms with Crippen LogP contribution in [0.3, 0.4) is 0 Å². The van der Waals surface area contributed by atoms with E-state index in [0.717, 1.165) is 71.5 Å². The summed E-state index contributed by atoms with van der Waals surface area (Å²) >= 11 is 0. The summed E-state index contributed by atoms with van der Waals surface area (Å²) in [5.74, 6) is -1.62. The van der Waals surface area contributed by atoms with Crippen molar-refractivity contribution < 1.29 is 41.8 Å². The van der Waals surface area contributed by atoms with Crippen molar-refractivity contribution in [1.82, 2.24) is 15.1 Å². The van der Waals surface area contributed by atoms with E-state index >= 15 is 0 Å². The molecule has 2 heterocycles. The van der Waals surface area contributed by atoms with Crippen LogP contribution in [0, 0.1) is 5.92 Å². The molecule has 0 bridgehead atoms. The van der Waals surface area contributed by atoms with Crippen LogP contribution in [0.5, 0.6) is 5.75 Å². The third-order valence-electron chi connectivity index (χ3n) is 6.12. The number of carboxylic acid groups (broad SMARTS) is 1. The first kappa shape index (κ1) is 29.2. The van der Waals surface area contributed by atoms with E-state index in [0.29, 0.717) is 28.9 Å². The SMILES string of the molecule is COc1cc(NC(=O)C2CCCC2)ccc1-c1nnc(NCCCN2CCOCC2)o1.O=C(O)C(F)(F)F. The van der Waals surface area contributed by atoms with E-state index in [1.165, 1.54) is 0 Å². The lowest BCUT2D eigenvalue weighted by atomic mass is 10.1. The number of methoxy groups -OCH3 is 1. The highest BCUT2D eigenvalue weighted by Crippen LogP contribution is 2.33. The van der Waals surface area contributed by atoms with Crippen LogP contribution < -0.4 is 15.4 Å². The molecule has 210 valence electrons. The largest absolute Gasteiger partial charge is 0.496 e. The third kappa shape index (κ3) is 8.87. The van der Waals surface area contributed by atoms with Gasteiger partial charge >= 0.3 is 18.2 Å². The number of nitrogens with zero attached hydrogens (tertiary/aromatic N) is 3. The van der Waals surface area contributed by atoms with Crippen molar-refractivity contribution in [2.75, 3.05) is 57.1 Å². The molecule has 1 saturated carbocycles. The number of anilines is 2. The third-order valence-corrected chi connectivity index (χ3v) is 6.12. The van der Waals surface area contributed by atoms with Gasteiger partial charge in [0.2, 0.25) is 5.91 Å². The Hall–Kier alpha value is -3.39. The number of nitrogens with one attached hydrogen (secondary N) is 2. The number of hydrogen-bond donors (Lipinski definition) is 3. The smallest absolute Gasteiger partial charge is 0.490 e. The van der Waals surface area contributed by atoms with Crippen LogP contribution in [0.15, 0.2) is 22.6 Å². The maximum Gasteiger partial charge on any atom is 0.490 e. The average molecular weight is 544 g/mol. The summed E-state index contributed by atoms with van der Waals surface area (Å²) < 4.78 is 48.4. The molecule has 11 nitrogen and oxygen atoms in total. The van der Waals surface area contributed by atoms with Crippen molar-refractivity contribution in [2.45, 2.75) is 38.3 Å². The van der Waals surface area contributed by atoms with Crippen molar-refractivity contribution in [3.05, 3.63) is 18.2 Å². The Morgan fingerprint density at radius 2 is 1.87 bits per heavy atom.